The number of ether oxygens (including phenoxy) is 2. The molecule has 1 aliphatic rings. The molecule has 1 aromatic heterocycles. The van der Waals surface area contributed by atoms with Gasteiger partial charge in [0.2, 0.25) is 0 Å². The zero-order valence-corrected chi connectivity index (χ0v) is 9.26. The second-order valence-corrected chi connectivity index (χ2v) is 3.64. The Morgan fingerprint density at radius 1 is 1.33 bits per heavy atom. The number of cyclic esters (lactones) is 1. The summed E-state index contributed by atoms with van der Waals surface area (Å²) in [5.41, 5.74) is 1.56. The average Bonchev–Trinajstić information content (AvgIpc) is 2.93. The summed E-state index contributed by atoms with van der Waals surface area (Å²) < 4.78 is 11.9. The van der Waals surface area contributed by atoms with Gasteiger partial charge >= 0.3 is 5.97 Å². The lowest BCUT2D eigenvalue weighted by Crippen LogP contribution is -2.15. The maximum atomic E-state index is 11.1. The number of carbonyl (C=O) groups excluding carboxylic acids is 1. The zero-order valence-electron chi connectivity index (χ0n) is 9.26. The minimum Gasteiger partial charge on any atom is -0.458 e. The second-order valence-electron chi connectivity index (χ2n) is 3.64. The highest BCUT2D eigenvalue weighted by Crippen LogP contribution is 2.24. The number of esters is 1. The van der Waals surface area contributed by atoms with Gasteiger partial charge in [-0.1, -0.05) is 12.1 Å². The van der Waals surface area contributed by atoms with E-state index in [1.165, 1.54) is 18.7 Å². The van der Waals surface area contributed by atoms with Crippen molar-refractivity contribution in [1.82, 2.24) is 14.8 Å². The van der Waals surface area contributed by atoms with Crippen molar-refractivity contribution in [2.45, 2.75) is 6.29 Å². The van der Waals surface area contributed by atoms with Gasteiger partial charge in [0.05, 0.1) is 18.0 Å². The van der Waals surface area contributed by atoms with Gasteiger partial charge in [0.1, 0.15) is 12.7 Å². The molecule has 2 aromatic rings. The molecule has 0 N–H and O–H groups in total. The second kappa shape index (κ2) is 4.33. The molecule has 18 heavy (non-hydrogen) atoms. The molecular formula is C12H9N3O3. The molecule has 1 aliphatic heterocycles. The van der Waals surface area contributed by atoms with Crippen molar-refractivity contribution < 1.29 is 14.3 Å². The highest BCUT2D eigenvalue weighted by atomic mass is 16.7. The fourth-order valence-electron chi connectivity index (χ4n) is 1.64. The van der Waals surface area contributed by atoms with Gasteiger partial charge in [0, 0.05) is 5.56 Å². The third-order valence-electron chi connectivity index (χ3n) is 2.46. The first-order chi connectivity index (χ1) is 8.83. The molecule has 0 fully saturated rings. The van der Waals surface area contributed by atoms with E-state index in [2.05, 4.69) is 10.1 Å². The molecule has 90 valence electrons. The van der Waals surface area contributed by atoms with Crippen LogP contribution >= 0.6 is 0 Å². The molecule has 6 heteroatoms. The average molecular weight is 243 g/mol. The van der Waals surface area contributed by atoms with E-state index >= 15 is 0 Å². The molecule has 1 aromatic carbocycles. The smallest absolute Gasteiger partial charge is 0.337 e. The molecule has 0 aliphatic carbocycles. The molecule has 0 saturated carbocycles. The third kappa shape index (κ3) is 1.95. The van der Waals surface area contributed by atoms with Gasteiger partial charge in [-0.15, -0.1) is 0 Å². The maximum absolute atomic E-state index is 11.1. The van der Waals surface area contributed by atoms with Crippen molar-refractivity contribution in [3.63, 3.8) is 0 Å². The van der Waals surface area contributed by atoms with E-state index in [0.717, 1.165) is 11.3 Å². The third-order valence-corrected chi connectivity index (χ3v) is 2.46. The summed E-state index contributed by atoms with van der Waals surface area (Å²) in [7, 11) is 0. The summed E-state index contributed by atoms with van der Waals surface area (Å²) in [6.07, 6.45) is 4.89. The standard InChI is InChI=1S/C12H9N3O3/c16-11-4-5-17-12(18-11)9-2-1-3-10(6-9)15-8-13-7-14-15/h1-8,12H. The Morgan fingerprint density at radius 2 is 2.28 bits per heavy atom. The highest BCUT2D eigenvalue weighted by molar-refractivity contribution is 5.82. The summed E-state index contributed by atoms with van der Waals surface area (Å²) >= 11 is 0. The van der Waals surface area contributed by atoms with E-state index < -0.39 is 12.3 Å². The topological polar surface area (TPSA) is 66.2 Å². The van der Waals surface area contributed by atoms with Crippen LogP contribution < -0.4 is 0 Å². The van der Waals surface area contributed by atoms with E-state index in [0.29, 0.717) is 0 Å². The largest absolute Gasteiger partial charge is 0.458 e. The Kier molecular flexibility index (Phi) is 2.53. The SMILES string of the molecule is O=C1C=COC(c2cccc(-n3cncn3)c2)O1. The van der Waals surface area contributed by atoms with Crippen molar-refractivity contribution in [3.05, 3.63) is 54.8 Å². The van der Waals surface area contributed by atoms with Crippen LogP contribution in [-0.4, -0.2) is 20.7 Å². The van der Waals surface area contributed by atoms with E-state index in [1.54, 1.807) is 11.0 Å². The van der Waals surface area contributed by atoms with Gasteiger partial charge in [-0.3, -0.25) is 0 Å². The van der Waals surface area contributed by atoms with Gasteiger partial charge < -0.3 is 9.47 Å². The first-order valence-electron chi connectivity index (χ1n) is 5.30. The number of aromatic nitrogens is 3. The van der Waals surface area contributed by atoms with E-state index in [4.69, 9.17) is 9.47 Å². The van der Waals surface area contributed by atoms with E-state index in [9.17, 15) is 4.79 Å². The monoisotopic (exact) mass is 243 g/mol. The number of hydrogen-bond acceptors (Lipinski definition) is 5. The molecule has 0 spiro atoms. The Bertz CT molecular complexity index is 592. The Morgan fingerprint density at radius 3 is 3.06 bits per heavy atom. The van der Waals surface area contributed by atoms with Crippen molar-refractivity contribution in [1.29, 1.82) is 0 Å². The van der Waals surface area contributed by atoms with Crippen LogP contribution in [0, 0.1) is 0 Å². The number of hydrogen-bond donors (Lipinski definition) is 0. The Balaban J connectivity index is 1.92. The van der Waals surface area contributed by atoms with Crippen LogP contribution in [0.1, 0.15) is 11.9 Å². The first kappa shape index (κ1) is 10.5. The lowest BCUT2D eigenvalue weighted by Gasteiger charge is -2.20. The fraction of sp³-hybridized carbons (Fsp3) is 0.0833. The molecule has 0 amide bonds. The number of carbonyl (C=O) groups is 1. The molecule has 3 rings (SSSR count). The van der Waals surface area contributed by atoms with E-state index in [1.807, 2.05) is 24.3 Å². The van der Waals surface area contributed by atoms with Crippen LogP contribution in [0.4, 0.5) is 0 Å². The quantitative estimate of drug-likeness (QED) is 0.745. The van der Waals surface area contributed by atoms with Crippen molar-refractivity contribution >= 4 is 5.97 Å². The summed E-state index contributed by atoms with van der Waals surface area (Å²) in [6.45, 7) is 0. The van der Waals surface area contributed by atoms with Crippen molar-refractivity contribution in [3.8, 4) is 5.69 Å². The van der Waals surface area contributed by atoms with E-state index in [-0.39, 0.29) is 0 Å². The molecule has 0 radical (unpaired) electrons. The molecule has 1 unspecified atom stereocenters. The molecule has 2 heterocycles. The Hall–Kier alpha value is -2.63. The molecule has 0 bridgehead atoms. The van der Waals surface area contributed by atoms with Crippen molar-refractivity contribution in [2.75, 3.05) is 0 Å². The van der Waals surface area contributed by atoms with Crippen molar-refractivity contribution in [2.24, 2.45) is 0 Å². The van der Waals surface area contributed by atoms with Gasteiger partial charge in [-0.05, 0) is 12.1 Å². The maximum Gasteiger partial charge on any atom is 0.337 e. The van der Waals surface area contributed by atoms with Gasteiger partial charge in [-0.2, -0.15) is 5.10 Å². The minimum absolute atomic E-state index is 0.419. The van der Waals surface area contributed by atoms with Crippen LogP contribution in [0.2, 0.25) is 0 Å². The van der Waals surface area contributed by atoms with Crippen LogP contribution in [0.3, 0.4) is 0 Å². The summed E-state index contributed by atoms with van der Waals surface area (Å²) in [6, 6.07) is 7.35. The summed E-state index contributed by atoms with van der Waals surface area (Å²) in [5, 5.41) is 4.03. The van der Waals surface area contributed by atoms with Crippen LogP contribution in [0.5, 0.6) is 0 Å². The predicted octanol–water partition coefficient (Wildman–Crippen LogP) is 1.35. The summed E-state index contributed by atoms with van der Waals surface area (Å²) in [4.78, 5) is 15.0. The van der Waals surface area contributed by atoms with Crippen LogP contribution in [0.25, 0.3) is 5.69 Å². The lowest BCUT2D eigenvalue weighted by atomic mass is 10.2. The predicted molar refractivity (Wildman–Crippen MR) is 60.4 cm³/mol. The normalized spacial score (nSPS) is 18.2. The fourth-order valence-corrected chi connectivity index (χ4v) is 1.64. The van der Waals surface area contributed by atoms with Gasteiger partial charge in [0.25, 0.3) is 6.29 Å². The highest BCUT2D eigenvalue weighted by Gasteiger charge is 2.19. The van der Waals surface area contributed by atoms with Crippen LogP contribution in [-0.2, 0) is 14.3 Å². The molecule has 0 saturated heterocycles. The zero-order chi connectivity index (χ0) is 12.4. The summed E-state index contributed by atoms with van der Waals surface area (Å²) in [5.74, 6) is -0.419. The van der Waals surface area contributed by atoms with Crippen LogP contribution in [0.15, 0.2) is 49.3 Å². The number of nitrogens with zero attached hydrogens (tertiary/aromatic N) is 3. The lowest BCUT2D eigenvalue weighted by molar-refractivity contribution is -0.170. The number of benzene rings is 1. The molecule has 6 nitrogen and oxygen atoms in total. The molecular weight excluding hydrogens is 234 g/mol. The first-order valence-corrected chi connectivity index (χ1v) is 5.30. The van der Waals surface area contributed by atoms with Gasteiger partial charge in [0.15, 0.2) is 0 Å². The number of rotatable bonds is 2. The Labute approximate surface area is 102 Å². The van der Waals surface area contributed by atoms with Gasteiger partial charge in [-0.25, -0.2) is 14.5 Å². The molecule has 1 atom stereocenters. The minimum atomic E-state index is -0.717.